The van der Waals surface area contributed by atoms with Crippen LogP contribution in [0.15, 0.2) is 24.3 Å². The molecule has 2 N–H and O–H groups in total. The Balaban J connectivity index is 2.46. The molecule has 1 unspecified atom stereocenters. The fraction of sp³-hybridized carbons (Fsp3) is 0.538. The summed E-state index contributed by atoms with van der Waals surface area (Å²) >= 11 is 0. The van der Waals surface area contributed by atoms with Gasteiger partial charge < -0.3 is 10.1 Å². The van der Waals surface area contributed by atoms with Crippen molar-refractivity contribution in [2.45, 2.75) is 26.0 Å². The number of rotatable bonds is 9. The zero-order valence-electron chi connectivity index (χ0n) is 12.0. The van der Waals surface area contributed by atoms with Gasteiger partial charge in [0.05, 0.1) is 6.26 Å². The Morgan fingerprint density at radius 2 is 1.90 bits per heavy atom. The molecule has 21 heavy (non-hydrogen) atoms. The lowest BCUT2D eigenvalue weighted by atomic mass is 10.1. The second-order valence-electron chi connectivity index (χ2n) is 4.61. The topological polar surface area (TPSA) is 67.4 Å². The predicted molar refractivity (Wildman–Crippen MR) is 77.0 cm³/mol. The maximum atomic E-state index is 12.3. The van der Waals surface area contributed by atoms with Crippen molar-refractivity contribution in [1.29, 1.82) is 0 Å². The number of para-hydroxylation sites is 1. The SMILES string of the molecule is CC(NCCCNS(C)(=O)=O)c1ccccc1OC(F)F. The number of benzene rings is 1. The number of alkyl halides is 2. The quantitative estimate of drug-likeness (QED) is 0.681. The van der Waals surface area contributed by atoms with E-state index >= 15 is 0 Å². The van der Waals surface area contributed by atoms with Crippen LogP contribution < -0.4 is 14.8 Å². The van der Waals surface area contributed by atoms with Gasteiger partial charge in [0.25, 0.3) is 0 Å². The average Bonchev–Trinajstić information content (AvgIpc) is 2.36. The third-order valence-electron chi connectivity index (χ3n) is 2.77. The molecule has 1 rings (SSSR count). The van der Waals surface area contributed by atoms with Gasteiger partial charge >= 0.3 is 6.61 Å². The first-order valence-electron chi connectivity index (χ1n) is 6.51. The minimum Gasteiger partial charge on any atom is -0.434 e. The highest BCUT2D eigenvalue weighted by atomic mass is 32.2. The van der Waals surface area contributed by atoms with E-state index in [9.17, 15) is 17.2 Å². The van der Waals surface area contributed by atoms with E-state index in [1.807, 2.05) is 6.92 Å². The van der Waals surface area contributed by atoms with Crippen LogP contribution in [-0.2, 0) is 10.0 Å². The first-order valence-corrected chi connectivity index (χ1v) is 8.40. The number of hydrogen-bond acceptors (Lipinski definition) is 4. The van der Waals surface area contributed by atoms with E-state index in [0.29, 0.717) is 25.1 Å². The molecule has 0 saturated heterocycles. The van der Waals surface area contributed by atoms with Crippen LogP contribution in [0.1, 0.15) is 24.9 Å². The van der Waals surface area contributed by atoms with Gasteiger partial charge in [-0.25, -0.2) is 13.1 Å². The zero-order chi connectivity index (χ0) is 15.9. The molecule has 0 radical (unpaired) electrons. The molecule has 0 aliphatic rings. The summed E-state index contributed by atoms with van der Waals surface area (Å²) in [4.78, 5) is 0. The Labute approximate surface area is 123 Å². The van der Waals surface area contributed by atoms with Gasteiger partial charge in [-0.1, -0.05) is 18.2 Å². The van der Waals surface area contributed by atoms with Crippen molar-refractivity contribution in [3.05, 3.63) is 29.8 Å². The van der Waals surface area contributed by atoms with Gasteiger partial charge in [0.15, 0.2) is 0 Å². The van der Waals surface area contributed by atoms with Gasteiger partial charge in [0.1, 0.15) is 5.75 Å². The zero-order valence-corrected chi connectivity index (χ0v) is 12.8. The normalized spacial score (nSPS) is 13.4. The molecule has 0 heterocycles. The van der Waals surface area contributed by atoms with Gasteiger partial charge in [0.2, 0.25) is 10.0 Å². The first kappa shape index (κ1) is 17.8. The molecule has 0 fully saturated rings. The first-order chi connectivity index (χ1) is 9.79. The standard InChI is InChI=1S/C13H20F2N2O3S/c1-10(16-8-5-9-17-21(2,18)19)11-6-3-4-7-12(11)20-13(14)15/h3-4,6-7,10,13,16-17H,5,8-9H2,1-2H3. The molecule has 0 aromatic heterocycles. The molecule has 0 bridgehead atoms. The summed E-state index contributed by atoms with van der Waals surface area (Å²) in [6.45, 7) is -0.157. The van der Waals surface area contributed by atoms with Crippen molar-refractivity contribution in [1.82, 2.24) is 10.0 Å². The Kier molecular flexibility index (Phi) is 7.00. The van der Waals surface area contributed by atoms with E-state index in [4.69, 9.17) is 0 Å². The summed E-state index contributed by atoms with van der Waals surface area (Å²) in [5.41, 5.74) is 0.633. The largest absolute Gasteiger partial charge is 0.434 e. The van der Waals surface area contributed by atoms with Crippen molar-refractivity contribution >= 4 is 10.0 Å². The van der Waals surface area contributed by atoms with Crippen molar-refractivity contribution < 1.29 is 21.9 Å². The maximum Gasteiger partial charge on any atom is 0.387 e. The molecule has 1 aromatic carbocycles. The highest BCUT2D eigenvalue weighted by Crippen LogP contribution is 2.26. The second-order valence-corrected chi connectivity index (χ2v) is 6.45. The molecule has 0 amide bonds. The van der Waals surface area contributed by atoms with Crippen molar-refractivity contribution in [3.8, 4) is 5.75 Å². The number of nitrogens with one attached hydrogen (secondary N) is 2. The van der Waals surface area contributed by atoms with E-state index in [2.05, 4.69) is 14.8 Å². The lowest BCUT2D eigenvalue weighted by Crippen LogP contribution is -2.27. The number of sulfonamides is 1. The van der Waals surface area contributed by atoms with Gasteiger partial charge in [-0.2, -0.15) is 8.78 Å². The summed E-state index contributed by atoms with van der Waals surface area (Å²) in [5.74, 6) is 0.141. The van der Waals surface area contributed by atoms with Crippen molar-refractivity contribution in [2.75, 3.05) is 19.3 Å². The number of halogens is 2. The van der Waals surface area contributed by atoms with Crippen LogP contribution in [-0.4, -0.2) is 34.4 Å². The molecular formula is C13H20F2N2O3S. The van der Waals surface area contributed by atoms with Crippen LogP contribution in [0.5, 0.6) is 5.75 Å². The van der Waals surface area contributed by atoms with Crippen LogP contribution >= 0.6 is 0 Å². The number of ether oxygens (including phenoxy) is 1. The molecule has 0 aliphatic carbocycles. The molecule has 0 saturated carbocycles. The third-order valence-corrected chi connectivity index (χ3v) is 3.50. The Morgan fingerprint density at radius 3 is 2.52 bits per heavy atom. The van der Waals surface area contributed by atoms with Crippen molar-refractivity contribution in [3.63, 3.8) is 0 Å². The average molecular weight is 322 g/mol. The minimum atomic E-state index is -3.18. The predicted octanol–water partition coefficient (Wildman–Crippen LogP) is 1.88. The lowest BCUT2D eigenvalue weighted by molar-refractivity contribution is -0.0506. The van der Waals surface area contributed by atoms with Crippen LogP contribution in [0, 0.1) is 0 Å². The molecule has 0 aliphatic heterocycles. The van der Waals surface area contributed by atoms with Crippen LogP contribution in [0.25, 0.3) is 0 Å². The molecule has 1 atom stereocenters. The second kappa shape index (κ2) is 8.26. The molecule has 8 heteroatoms. The highest BCUT2D eigenvalue weighted by molar-refractivity contribution is 7.88. The van der Waals surface area contributed by atoms with E-state index in [0.717, 1.165) is 6.26 Å². The highest BCUT2D eigenvalue weighted by Gasteiger charge is 2.13. The monoisotopic (exact) mass is 322 g/mol. The van der Waals surface area contributed by atoms with Crippen molar-refractivity contribution in [2.24, 2.45) is 0 Å². The summed E-state index contributed by atoms with van der Waals surface area (Å²) < 4.78 is 53.3. The van der Waals surface area contributed by atoms with Gasteiger partial charge in [-0.3, -0.25) is 0 Å². The van der Waals surface area contributed by atoms with Gasteiger partial charge in [-0.05, 0) is 26.0 Å². The Bertz CT molecular complexity index is 538. The van der Waals surface area contributed by atoms with Crippen LogP contribution in [0.4, 0.5) is 8.78 Å². The molecule has 0 spiro atoms. The molecular weight excluding hydrogens is 302 g/mol. The Hall–Kier alpha value is -1.25. The fourth-order valence-corrected chi connectivity index (χ4v) is 2.33. The Morgan fingerprint density at radius 1 is 1.24 bits per heavy atom. The van der Waals surface area contributed by atoms with E-state index in [1.165, 1.54) is 6.07 Å². The molecule has 1 aromatic rings. The maximum absolute atomic E-state index is 12.3. The summed E-state index contributed by atoms with van der Waals surface area (Å²) in [7, 11) is -3.18. The van der Waals surface area contributed by atoms with E-state index < -0.39 is 16.6 Å². The summed E-state index contributed by atoms with van der Waals surface area (Å²) in [6.07, 6.45) is 1.69. The molecule has 120 valence electrons. The number of hydrogen-bond donors (Lipinski definition) is 2. The van der Waals surface area contributed by atoms with E-state index in [-0.39, 0.29) is 11.8 Å². The molecule has 5 nitrogen and oxygen atoms in total. The smallest absolute Gasteiger partial charge is 0.387 e. The third kappa shape index (κ3) is 7.35. The van der Waals surface area contributed by atoms with Crippen LogP contribution in [0.3, 0.4) is 0 Å². The van der Waals surface area contributed by atoms with Gasteiger partial charge in [-0.15, -0.1) is 0 Å². The lowest BCUT2D eigenvalue weighted by Gasteiger charge is -2.18. The summed E-state index contributed by atoms with van der Waals surface area (Å²) in [5, 5.41) is 3.14. The van der Waals surface area contributed by atoms with Crippen LogP contribution in [0.2, 0.25) is 0 Å². The van der Waals surface area contributed by atoms with E-state index in [1.54, 1.807) is 18.2 Å². The fourth-order valence-electron chi connectivity index (χ4n) is 1.82. The van der Waals surface area contributed by atoms with Gasteiger partial charge in [0, 0.05) is 18.2 Å². The summed E-state index contributed by atoms with van der Waals surface area (Å²) in [6, 6.07) is 6.40. The minimum absolute atomic E-state index is 0.141.